The highest BCUT2D eigenvalue weighted by Crippen LogP contribution is 2.40. The van der Waals surface area contributed by atoms with Crippen LogP contribution in [-0.4, -0.2) is 53.5 Å². The van der Waals surface area contributed by atoms with Crippen LogP contribution in [0.2, 0.25) is 5.02 Å². The molecule has 0 spiro atoms. The molecule has 1 aliphatic rings. The van der Waals surface area contributed by atoms with Crippen LogP contribution in [0.4, 0.5) is 4.79 Å². The summed E-state index contributed by atoms with van der Waals surface area (Å²) >= 11 is 6.73. The first-order chi connectivity index (χ1) is 17.7. The molecule has 2 aromatic rings. The number of hydrogen-bond donors (Lipinski definition) is 3. The zero-order valence-electron chi connectivity index (χ0n) is 20.8. The number of methoxy groups -OCH3 is 2. The molecule has 0 bridgehead atoms. The van der Waals surface area contributed by atoms with E-state index in [1.54, 1.807) is 12.1 Å². The maximum absolute atomic E-state index is 13.1. The van der Waals surface area contributed by atoms with Crippen LogP contribution in [-0.2, 0) is 10.0 Å². The first-order valence-electron chi connectivity index (χ1n) is 11.6. The van der Waals surface area contributed by atoms with Crippen molar-refractivity contribution in [3.63, 3.8) is 0 Å². The molecule has 10 nitrogen and oxygen atoms in total. The van der Waals surface area contributed by atoms with Crippen molar-refractivity contribution < 1.29 is 32.2 Å². The second-order valence-corrected chi connectivity index (χ2v) is 11.1. The first kappa shape index (κ1) is 28.9. The first-order valence-corrected chi connectivity index (χ1v) is 14.3. The summed E-state index contributed by atoms with van der Waals surface area (Å²) in [5, 5.41) is 2.50. The quantitative estimate of drug-likeness (QED) is 0.269. The largest absolute Gasteiger partial charge is 0.496 e. The normalized spacial score (nSPS) is 14.8. The van der Waals surface area contributed by atoms with Crippen molar-refractivity contribution >= 4 is 44.7 Å². The van der Waals surface area contributed by atoms with E-state index in [0.717, 1.165) is 12.8 Å². The maximum Gasteiger partial charge on any atom is 0.307 e. The van der Waals surface area contributed by atoms with Gasteiger partial charge in [0.15, 0.2) is 0 Å². The molecule has 0 saturated carbocycles. The lowest BCUT2D eigenvalue weighted by Gasteiger charge is -2.27. The average Bonchev–Trinajstić information content (AvgIpc) is 2.88. The number of fused-ring (bicyclic) bond motifs is 1. The van der Waals surface area contributed by atoms with Crippen LogP contribution in [0, 0.1) is 0 Å². The van der Waals surface area contributed by atoms with Gasteiger partial charge in [0.05, 0.1) is 26.4 Å². The van der Waals surface area contributed by atoms with Gasteiger partial charge in [-0.1, -0.05) is 24.9 Å². The number of hydrogen-bond acceptors (Lipinski definition) is 9. The number of benzene rings is 2. The van der Waals surface area contributed by atoms with E-state index in [0.29, 0.717) is 53.6 Å². The lowest BCUT2D eigenvalue weighted by atomic mass is 9.92. The summed E-state index contributed by atoms with van der Waals surface area (Å²) in [5.74, 6) is 0.234. The SMILES string of the molecule is CCCCNSC(=O)NS(=O)(=O)c1cc2c(cc1OC)OCCC2CNC(=O)c1cc(Cl)ccc1OC. The van der Waals surface area contributed by atoms with Crippen molar-refractivity contribution in [3.8, 4) is 17.2 Å². The molecular formula is C24H30ClN3O7S2. The Kier molecular flexibility index (Phi) is 10.3. The van der Waals surface area contributed by atoms with Gasteiger partial charge < -0.3 is 19.5 Å². The molecular weight excluding hydrogens is 542 g/mol. The number of unbranched alkanes of at least 4 members (excludes halogenated alkanes) is 1. The summed E-state index contributed by atoms with van der Waals surface area (Å²) < 4.78 is 47.3. The van der Waals surface area contributed by atoms with Crippen molar-refractivity contribution in [2.24, 2.45) is 0 Å². The summed E-state index contributed by atoms with van der Waals surface area (Å²) in [6.07, 6.45) is 2.33. The number of sulfonamides is 1. The summed E-state index contributed by atoms with van der Waals surface area (Å²) in [4.78, 5) is 24.9. The Balaban J connectivity index is 1.80. The molecule has 1 atom stereocenters. The fourth-order valence-corrected chi connectivity index (χ4v) is 5.83. The lowest BCUT2D eigenvalue weighted by molar-refractivity contribution is 0.0945. The standard InChI is InChI=1S/C24H30ClN3O7S2/c1-4-5-9-27-36-24(30)28-37(31,32)22-12-17-15(8-10-35-20(17)13-21(22)34-3)14-26-23(29)18-11-16(25)6-7-19(18)33-2/h6-7,11-13,15,27H,4-5,8-10,14H2,1-3H3,(H,26,29)(H,28,30). The number of carbonyl (C=O) groups is 2. The zero-order chi connectivity index (χ0) is 27.0. The molecule has 0 radical (unpaired) electrons. The van der Waals surface area contributed by atoms with Crippen LogP contribution in [0.3, 0.4) is 0 Å². The number of rotatable bonds is 11. The Bertz CT molecular complexity index is 1240. The van der Waals surface area contributed by atoms with Gasteiger partial charge >= 0.3 is 5.24 Å². The summed E-state index contributed by atoms with van der Waals surface area (Å²) in [6.45, 7) is 3.17. The molecule has 13 heteroatoms. The van der Waals surface area contributed by atoms with Gasteiger partial charge in [-0.3, -0.25) is 14.3 Å². The van der Waals surface area contributed by atoms with E-state index in [-0.39, 0.29) is 34.6 Å². The zero-order valence-corrected chi connectivity index (χ0v) is 23.1. The van der Waals surface area contributed by atoms with Crippen LogP contribution in [0.25, 0.3) is 0 Å². The molecule has 202 valence electrons. The van der Waals surface area contributed by atoms with E-state index in [4.69, 9.17) is 25.8 Å². The molecule has 3 rings (SSSR count). The van der Waals surface area contributed by atoms with Gasteiger partial charge in [0.25, 0.3) is 15.9 Å². The molecule has 1 unspecified atom stereocenters. The Labute approximate surface area is 225 Å². The predicted molar refractivity (Wildman–Crippen MR) is 142 cm³/mol. The molecule has 0 saturated heterocycles. The minimum atomic E-state index is -4.25. The highest BCUT2D eigenvalue weighted by atomic mass is 35.5. The topological polar surface area (TPSA) is 132 Å². The monoisotopic (exact) mass is 571 g/mol. The average molecular weight is 572 g/mol. The van der Waals surface area contributed by atoms with Gasteiger partial charge in [-0.05, 0) is 37.1 Å². The van der Waals surface area contributed by atoms with E-state index in [1.807, 2.05) is 6.92 Å². The highest BCUT2D eigenvalue weighted by molar-refractivity contribution is 8.13. The third-order valence-corrected chi connectivity index (χ3v) is 8.03. The molecule has 1 heterocycles. The van der Waals surface area contributed by atoms with Crippen LogP contribution < -0.4 is 29.0 Å². The molecule has 0 fully saturated rings. The Morgan fingerprint density at radius 2 is 1.92 bits per heavy atom. The molecule has 0 aromatic heterocycles. The Morgan fingerprint density at radius 1 is 1.16 bits per heavy atom. The van der Waals surface area contributed by atoms with Gasteiger partial charge in [-0.15, -0.1) is 0 Å². The second-order valence-electron chi connectivity index (χ2n) is 8.17. The van der Waals surface area contributed by atoms with Crippen molar-refractivity contribution in [2.45, 2.75) is 37.0 Å². The highest BCUT2D eigenvalue weighted by Gasteiger charge is 2.30. The van der Waals surface area contributed by atoms with E-state index < -0.39 is 15.3 Å². The predicted octanol–water partition coefficient (Wildman–Crippen LogP) is 4.09. The summed E-state index contributed by atoms with van der Waals surface area (Å²) in [7, 11) is -1.45. The molecule has 2 amide bonds. The summed E-state index contributed by atoms with van der Waals surface area (Å²) in [5.41, 5.74) is 0.861. The van der Waals surface area contributed by atoms with Crippen LogP contribution in [0.1, 0.15) is 48.0 Å². The van der Waals surface area contributed by atoms with E-state index in [9.17, 15) is 18.0 Å². The molecule has 0 aliphatic carbocycles. The molecule has 3 N–H and O–H groups in total. The fourth-order valence-electron chi connectivity index (χ4n) is 3.77. The fraction of sp³-hybridized carbons (Fsp3) is 0.417. The van der Waals surface area contributed by atoms with E-state index >= 15 is 0 Å². The third-order valence-electron chi connectivity index (χ3n) is 5.68. The number of halogens is 1. The van der Waals surface area contributed by atoms with Gasteiger partial charge in [-0.2, -0.15) is 0 Å². The van der Waals surface area contributed by atoms with Crippen LogP contribution >= 0.6 is 23.5 Å². The van der Waals surface area contributed by atoms with Crippen molar-refractivity contribution in [1.82, 2.24) is 14.8 Å². The molecule has 1 aliphatic heterocycles. The number of amides is 2. The Hall–Kier alpha value is -2.67. The van der Waals surface area contributed by atoms with Gasteiger partial charge in [0, 0.05) is 47.6 Å². The van der Waals surface area contributed by atoms with Gasteiger partial charge in [0.2, 0.25) is 0 Å². The van der Waals surface area contributed by atoms with Crippen molar-refractivity contribution in [1.29, 1.82) is 0 Å². The maximum atomic E-state index is 13.1. The molecule has 2 aromatic carbocycles. The lowest BCUT2D eigenvalue weighted by Crippen LogP contribution is -2.32. The second kappa shape index (κ2) is 13.2. The van der Waals surface area contributed by atoms with E-state index in [2.05, 4.69) is 14.8 Å². The third kappa shape index (κ3) is 7.44. The molecule has 37 heavy (non-hydrogen) atoms. The minimum absolute atomic E-state index is 0.0383. The van der Waals surface area contributed by atoms with E-state index in [1.165, 1.54) is 32.4 Å². The van der Waals surface area contributed by atoms with Gasteiger partial charge in [-0.25, -0.2) is 13.1 Å². The van der Waals surface area contributed by atoms with Crippen molar-refractivity contribution in [2.75, 3.05) is 33.9 Å². The smallest absolute Gasteiger partial charge is 0.307 e. The number of nitrogens with one attached hydrogen (secondary N) is 3. The van der Waals surface area contributed by atoms with Crippen molar-refractivity contribution in [3.05, 3.63) is 46.5 Å². The van der Waals surface area contributed by atoms with Crippen LogP contribution in [0.15, 0.2) is 35.2 Å². The Morgan fingerprint density at radius 3 is 2.62 bits per heavy atom. The minimum Gasteiger partial charge on any atom is -0.496 e. The summed E-state index contributed by atoms with van der Waals surface area (Å²) in [6, 6.07) is 7.65. The number of ether oxygens (including phenoxy) is 3. The van der Waals surface area contributed by atoms with Crippen LogP contribution in [0.5, 0.6) is 17.2 Å². The number of carbonyl (C=O) groups excluding carboxylic acids is 2. The van der Waals surface area contributed by atoms with Gasteiger partial charge in [0.1, 0.15) is 22.1 Å².